The van der Waals surface area contributed by atoms with Crippen molar-refractivity contribution >= 4 is 24.8 Å². The minimum atomic E-state index is 0. The van der Waals surface area contributed by atoms with Gasteiger partial charge in [0.2, 0.25) is 0 Å². The van der Waals surface area contributed by atoms with Gasteiger partial charge in [0.25, 0.3) is 0 Å². The van der Waals surface area contributed by atoms with Crippen LogP contribution in [0.4, 0.5) is 0 Å². The van der Waals surface area contributed by atoms with E-state index in [1.54, 1.807) is 6.20 Å². The van der Waals surface area contributed by atoms with Crippen LogP contribution in [0.5, 0.6) is 0 Å². The third-order valence-electron chi connectivity index (χ3n) is 1.82. The second kappa shape index (κ2) is 6.21. The molecular weight excluding hydrogens is 213 g/mol. The van der Waals surface area contributed by atoms with Gasteiger partial charge in [-0.2, -0.15) is 5.10 Å². The predicted octanol–water partition coefficient (Wildman–Crippen LogP) is 0.914. The minimum Gasteiger partial charge on any atom is -0.371 e. The van der Waals surface area contributed by atoms with Gasteiger partial charge in [-0.05, 0) is 0 Å². The monoisotopic (exact) mass is 225 g/mol. The maximum absolute atomic E-state index is 5.50. The van der Waals surface area contributed by atoms with E-state index >= 15 is 0 Å². The van der Waals surface area contributed by atoms with Crippen LogP contribution in [-0.4, -0.2) is 29.9 Å². The van der Waals surface area contributed by atoms with E-state index in [1.807, 2.05) is 6.20 Å². The standard InChI is InChI=1S/C7H11N3O.2ClH/c1-2-11-7(5-8-1)6-3-9-10-4-6;;/h3-4,7-8H,1-2,5H2,(H,9,10);2*1H. The molecule has 1 aliphatic heterocycles. The first kappa shape index (κ1) is 12.7. The number of nitrogens with one attached hydrogen (secondary N) is 2. The molecule has 1 aliphatic rings. The lowest BCUT2D eigenvalue weighted by Crippen LogP contribution is -2.33. The van der Waals surface area contributed by atoms with Crippen LogP contribution in [0, 0.1) is 0 Å². The Bertz CT molecular complexity index is 212. The van der Waals surface area contributed by atoms with Crippen molar-refractivity contribution in [2.45, 2.75) is 6.10 Å². The highest BCUT2D eigenvalue weighted by Gasteiger charge is 2.15. The van der Waals surface area contributed by atoms with E-state index in [4.69, 9.17) is 4.74 Å². The number of rotatable bonds is 1. The van der Waals surface area contributed by atoms with Gasteiger partial charge < -0.3 is 10.1 Å². The van der Waals surface area contributed by atoms with Crippen LogP contribution in [0.3, 0.4) is 0 Å². The van der Waals surface area contributed by atoms with Gasteiger partial charge >= 0.3 is 0 Å². The Morgan fingerprint density at radius 3 is 2.85 bits per heavy atom. The average molecular weight is 226 g/mol. The van der Waals surface area contributed by atoms with E-state index in [0.29, 0.717) is 0 Å². The number of aromatic amines is 1. The lowest BCUT2D eigenvalue weighted by molar-refractivity contribution is 0.0277. The largest absolute Gasteiger partial charge is 0.371 e. The van der Waals surface area contributed by atoms with E-state index in [9.17, 15) is 0 Å². The second-order valence-corrected chi connectivity index (χ2v) is 2.60. The molecule has 4 nitrogen and oxygen atoms in total. The summed E-state index contributed by atoms with van der Waals surface area (Å²) in [4.78, 5) is 0. The van der Waals surface area contributed by atoms with Crippen LogP contribution < -0.4 is 5.32 Å². The quantitative estimate of drug-likeness (QED) is 0.748. The van der Waals surface area contributed by atoms with E-state index in [2.05, 4.69) is 15.5 Å². The molecule has 2 heterocycles. The number of ether oxygens (including phenoxy) is 1. The summed E-state index contributed by atoms with van der Waals surface area (Å²) in [6.07, 6.45) is 3.86. The van der Waals surface area contributed by atoms with Crippen molar-refractivity contribution < 1.29 is 4.74 Å². The molecule has 13 heavy (non-hydrogen) atoms. The second-order valence-electron chi connectivity index (χ2n) is 2.60. The number of H-pyrrole nitrogens is 1. The maximum atomic E-state index is 5.50. The molecule has 2 N–H and O–H groups in total. The average Bonchev–Trinajstić information content (AvgIpc) is 2.58. The predicted molar refractivity (Wildman–Crippen MR) is 54.6 cm³/mol. The van der Waals surface area contributed by atoms with Gasteiger partial charge in [-0.1, -0.05) is 0 Å². The van der Waals surface area contributed by atoms with Gasteiger partial charge in [-0.15, -0.1) is 24.8 Å². The number of hydrogen-bond donors (Lipinski definition) is 2. The Labute approximate surface area is 89.3 Å². The Balaban J connectivity index is 0.000000720. The topological polar surface area (TPSA) is 49.9 Å². The van der Waals surface area contributed by atoms with Gasteiger partial charge in [0.05, 0.1) is 18.9 Å². The van der Waals surface area contributed by atoms with Crippen molar-refractivity contribution in [2.24, 2.45) is 0 Å². The Kier molecular flexibility index (Phi) is 6.07. The smallest absolute Gasteiger partial charge is 0.0980 e. The van der Waals surface area contributed by atoms with E-state index in [0.717, 1.165) is 25.3 Å². The molecule has 1 atom stereocenters. The van der Waals surface area contributed by atoms with Gasteiger partial charge in [0.1, 0.15) is 0 Å². The van der Waals surface area contributed by atoms with Crippen LogP contribution in [-0.2, 0) is 4.74 Å². The molecule has 1 aromatic rings. The van der Waals surface area contributed by atoms with Crippen LogP contribution in [0.25, 0.3) is 0 Å². The molecule has 1 fully saturated rings. The summed E-state index contributed by atoms with van der Waals surface area (Å²) in [5, 5.41) is 9.89. The molecule has 0 amide bonds. The van der Waals surface area contributed by atoms with Crippen molar-refractivity contribution in [1.82, 2.24) is 15.5 Å². The van der Waals surface area contributed by atoms with Crippen molar-refractivity contribution in [3.8, 4) is 0 Å². The molecule has 6 heteroatoms. The lowest BCUT2D eigenvalue weighted by atomic mass is 10.2. The van der Waals surface area contributed by atoms with Crippen LogP contribution in [0.2, 0.25) is 0 Å². The number of aromatic nitrogens is 2. The number of hydrogen-bond acceptors (Lipinski definition) is 3. The summed E-state index contributed by atoms with van der Waals surface area (Å²) in [6.45, 7) is 2.63. The molecule has 1 unspecified atom stereocenters. The van der Waals surface area contributed by atoms with Crippen molar-refractivity contribution in [3.63, 3.8) is 0 Å². The van der Waals surface area contributed by atoms with Crippen LogP contribution in [0.15, 0.2) is 12.4 Å². The zero-order valence-corrected chi connectivity index (χ0v) is 8.66. The first-order valence-corrected chi connectivity index (χ1v) is 3.78. The number of morpholine rings is 1. The van der Waals surface area contributed by atoms with Gasteiger partial charge in [-0.25, -0.2) is 0 Å². The van der Waals surface area contributed by atoms with Crippen LogP contribution in [0.1, 0.15) is 11.7 Å². The number of nitrogens with zero attached hydrogens (tertiary/aromatic N) is 1. The molecule has 1 saturated heterocycles. The summed E-state index contributed by atoms with van der Waals surface area (Å²) in [7, 11) is 0. The fraction of sp³-hybridized carbons (Fsp3) is 0.571. The van der Waals surface area contributed by atoms with Crippen molar-refractivity contribution in [1.29, 1.82) is 0 Å². The summed E-state index contributed by atoms with van der Waals surface area (Å²) >= 11 is 0. The Hall–Kier alpha value is -0.290. The molecule has 0 saturated carbocycles. The summed E-state index contributed by atoms with van der Waals surface area (Å²) in [5.41, 5.74) is 1.12. The van der Waals surface area contributed by atoms with Crippen molar-refractivity contribution in [3.05, 3.63) is 18.0 Å². The molecule has 0 spiro atoms. The summed E-state index contributed by atoms with van der Waals surface area (Å²) < 4.78 is 5.50. The van der Waals surface area contributed by atoms with E-state index < -0.39 is 0 Å². The van der Waals surface area contributed by atoms with Crippen LogP contribution >= 0.6 is 24.8 Å². The molecule has 0 radical (unpaired) electrons. The molecule has 1 aromatic heterocycles. The Morgan fingerprint density at radius 2 is 2.31 bits per heavy atom. The zero-order valence-electron chi connectivity index (χ0n) is 7.03. The normalized spacial score (nSPS) is 21.4. The molecule has 0 bridgehead atoms. The SMILES string of the molecule is Cl.Cl.c1n[nH]cc1C1CNCCO1. The molecular formula is C7H13Cl2N3O. The number of halogens is 2. The fourth-order valence-electron chi connectivity index (χ4n) is 1.22. The highest BCUT2D eigenvalue weighted by Crippen LogP contribution is 2.15. The Morgan fingerprint density at radius 1 is 1.46 bits per heavy atom. The van der Waals surface area contributed by atoms with Gasteiger partial charge in [-0.3, -0.25) is 5.10 Å². The highest BCUT2D eigenvalue weighted by molar-refractivity contribution is 5.85. The third-order valence-corrected chi connectivity index (χ3v) is 1.82. The molecule has 76 valence electrons. The van der Waals surface area contributed by atoms with E-state index in [-0.39, 0.29) is 30.9 Å². The minimum absolute atomic E-state index is 0. The molecule has 2 rings (SSSR count). The summed E-state index contributed by atoms with van der Waals surface area (Å²) in [6, 6.07) is 0. The fourth-order valence-corrected chi connectivity index (χ4v) is 1.22. The van der Waals surface area contributed by atoms with Crippen molar-refractivity contribution in [2.75, 3.05) is 19.7 Å². The highest BCUT2D eigenvalue weighted by atomic mass is 35.5. The third kappa shape index (κ3) is 3.15. The molecule has 0 aromatic carbocycles. The lowest BCUT2D eigenvalue weighted by Gasteiger charge is -2.22. The van der Waals surface area contributed by atoms with Gasteiger partial charge in [0, 0.05) is 24.8 Å². The first-order valence-electron chi connectivity index (χ1n) is 3.78. The first-order chi connectivity index (χ1) is 5.47. The maximum Gasteiger partial charge on any atom is 0.0980 e. The van der Waals surface area contributed by atoms with E-state index in [1.165, 1.54) is 0 Å². The zero-order chi connectivity index (χ0) is 7.52. The summed E-state index contributed by atoms with van der Waals surface area (Å²) in [5.74, 6) is 0. The molecule has 0 aliphatic carbocycles. The van der Waals surface area contributed by atoms with Gasteiger partial charge in [0.15, 0.2) is 0 Å².